The molecule has 2 aromatic carbocycles. The molecule has 0 fully saturated rings. The van der Waals surface area contributed by atoms with Crippen LogP contribution in [0, 0.1) is 5.82 Å². The van der Waals surface area contributed by atoms with E-state index in [0.717, 1.165) is 10.9 Å². The highest BCUT2D eigenvalue weighted by molar-refractivity contribution is 6.16. The van der Waals surface area contributed by atoms with Crippen molar-refractivity contribution >= 4 is 22.4 Å². The first-order valence-corrected chi connectivity index (χ1v) is 6.35. The fourth-order valence-corrected chi connectivity index (χ4v) is 2.26. The van der Waals surface area contributed by atoms with Crippen LogP contribution in [0.3, 0.4) is 0 Å². The van der Waals surface area contributed by atoms with Crippen molar-refractivity contribution < 1.29 is 13.9 Å². The fourth-order valence-electron chi connectivity index (χ4n) is 2.26. The summed E-state index contributed by atoms with van der Waals surface area (Å²) in [5, 5.41) is 0.752. The van der Waals surface area contributed by atoms with E-state index in [1.54, 1.807) is 19.4 Å². The number of halogens is 1. The number of ether oxygens (including phenoxy) is 1. The van der Waals surface area contributed by atoms with Gasteiger partial charge in [-0.3, -0.25) is 4.79 Å². The highest BCUT2D eigenvalue weighted by atomic mass is 19.1. The minimum atomic E-state index is -0.535. The number of anilines is 1. The van der Waals surface area contributed by atoms with Crippen LogP contribution in [0.5, 0.6) is 5.75 Å². The molecule has 0 saturated heterocycles. The number of nitrogens with one attached hydrogen (secondary N) is 1. The largest absolute Gasteiger partial charge is 0.497 e. The van der Waals surface area contributed by atoms with Crippen molar-refractivity contribution in [3.8, 4) is 5.75 Å². The second-order valence-corrected chi connectivity index (χ2v) is 4.68. The van der Waals surface area contributed by atoms with E-state index >= 15 is 0 Å². The Balaban J connectivity index is 2.10. The van der Waals surface area contributed by atoms with Gasteiger partial charge in [-0.25, -0.2) is 4.39 Å². The Morgan fingerprint density at radius 3 is 2.76 bits per heavy atom. The third-order valence-electron chi connectivity index (χ3n) is 3.39. The van der Waals surface area contributed by atoms with Gasteiger partial charge in [0.05, 0.1) is 12.8 Å². The molecular formula is C16H13FN2O2. The predicted molar refractivity (Wildman–Crippen MR) is 79.1 cm³/mol. The standard InChI is InChI=1S/C16H13FN2O2/c1-21-10-3-5-15-11(7-10)12(8-19-15)16(20)9-2-4-13(17)14(18)6-9/h2-8,19H,18H2,1H3. The molecule has 3 N–H and O–H groups in total. The summed E-state index contributed by atoms with van der Waals surface area (Å²) in [7, 11) is 1.57. The van der Waals surface area contributed by atoms with Crippen LogP contribution in [0.4, 0.5) is 10.1 Å². The number of nitrogens with two attached hydrogens (primary N) is 1. The molecule has 0 saturated carbocycles. The number of hydrogen-bond acceptors (Lipinski definition) is 3. The zero-order valence-electron chi connectivity index (χ0n) is 11.3. The number of nitrogen functional groups attached to an aromatic ring is 1. The summed E-state index contributed by atoms with van der Waals surface area (Å²) in [6.45, 7) is 0. The van der Waals surface area contributed by atoms with E-state index < -0.39 is 5.82 Å². The molecule has 21 heavy (non-hydrogen) atoms. The number of ketones is 1. The van der Waals surface area contributed by atoms with Gasteiger partial charge in [0.15, 0.2) is 5.78 Å². The zero-order valence-corrected chi connectivity index (χ0v) is 11.3. The molecule has 0 unspecified atom stereocenters. The van der Waals surface area contributed by atoms with Gasteiger partial charge in [0.25, 0.3) is 0 Å². The van der Waals surface area contributed by atoms with E-state index in [1.165, 1.54) is 18.2 Å². The summed E-state index contributed by atoms with van der Waals surface area (Å²) in [5.74, 6) is -0.0943. The summed E-state index contributed by atoms with van der Waals surface area (Å²) in [5.41, 5.74) is 7.14. The lowest BCUT2D eigenvalue weighted by molar-refractivity contribution is 0.104. The van der Waals surface area contributed by atoms with Crippen LogP contribution in [0.2, 0.25) is 0 Å². The van der Waals surface area contributed by atoms with Gasteiger partial charge in [0, 0.05) is 28.2 Å². The van der Waals surface area contributed by atoms with E-state index in [4.69, 9.17) is 10.5 Å². The maximum atomic E-state index is 13.2. The van der Waals surface area contributed by atoms with Crippen LogP contribution in [0.1, 0.15) is 15.9 Å². The summed E-state index contributed by atoms with van der Waals surface area (Å²) in [6, 6.07) is 9.39. The molecule has 3 aromatic rings. The molecule has 0 aliphatic carbocycles. The highest BCUT2D eigenvalue weighted by Gasteiger charge is 2.15. The first kappa shape index (κ1) is 13.2. The Hall–Kier alpha value is -2.82. The lowest BCUT2D eigenvalue weighted by Crippen LogP contribution is -2.02. The smallest absolute Gasteiger partial charge is 0.195 e. The Morgan fingerprint density at radius 2 is 2.05 bits per heavy atom. The average Bonchev–Trinajstić information content (AvgIpc) is 2.92. The first-order valence-electron chi connectivity index (χ1n) is 6.35. The van der Waals surface area contributed by atoms with Crippen LogP contribution in [-0.2, 0) is 0 Å². The molecule has 0 spiro atoms. The zero-order chi connectivity index (χ0) is 15.0. The van der Waals surface area contributed by atoms with Crippen molar-refractivity contribution in [2.45, 2.75) is 0 Å². The van der Waals surface area contributed by atoms with Gasteiger partial charge in [-0.2, -0.15) is 0 Å². The maximum Gasteiger partial charge on any atom is 0.195 e. The molecule has 0 aliphatic heterocycles. The molecular weight excluding hydrogens is 271 g/mol. The Labute approximate surface area is 120 Å². The number of rotatable bonds is 3. The molecule has 0 aliphatic rings. The molecule has 0 atom stereocenters. The number of carbonyl (C=O) groups excluding carboxylic acids is 1. The lowest BCUT2D eigenvalue weighted by atomic mass is 10.0. The summed E-state index contributed by atoms with van der Waals surface area (Å²) >= 11 is 0. The predicted octanol–water partition coefficient (Wildman–Crippen LogP) is 3.13. The number of fused-ring (bicyclic) bond motifs is 1. The van der Waals surface area contributed by atoms with E-state index in [0.29, 0.717) is 16.9 Å². The third-order valence-corrected chi connectivity index (χ3v) is 3.39. The fraction of sp³-hybridized carbons (Fsp3) is 0.0625. The molecule has 0 bridgehead atoms. The van der Waals surface area contributed by atoms with Gasteiger partial charge in [0.1, 0.15) is 11.6 Å². The molecule has 1 aromatic heterocycles. The third kappa shape index (κ3) is 2.23. The molecule has 5 heteroatoms. The average molecular weight is 284 g/mol. The molecule has 3 rings (SSSR count). The van der Waals surface area contributed by atoms with Crippen LogP contribution in [-0.4, -0.2) is 17.9 Å². The highest BCUT2D eigenvalue weighted by Crippen LogP contribution is 2.26. The van der Waals surface area contributed by atoms with Crippen molar-refractivity contribution in [2.75, 3.05) is 12.8 Å². The molecule has 1 heterocycles. The number of H-pyrrole nitrogens is 1. The van der Waals surface area contributed by atoms with Crippen LogP contribution >= 0.6 is 0 Å². The van der Waals surface area contributed by atoms with Crippen molar-refractivity contribution in [3.05, 3.63) is 59.5 Å². The topological polar surface area (TPSA) is 68.1 Å². The van der Waals surface area contributed by atoms with Crippen LogP contribution < -0.4 is 10.5 Å². The Kier molecular flexibility index (Phi) is 3.10. The van der Waals surface area contributed by atoms with Crippen molar-refractivity contribution in [2.24, 2.45) is 0 Å². The first-order chi connectivity index (χ1) is 10.1. The number of carbonyl (C=O) groups is 1. The number of benzene rings is 2. The van der Waals surface area contributed by atoms with Gasteiger partial charge in [-0.15, -0.1) is 0 Å². The van der Waals surface area contributed by atoms with Crippen LogP contribution in [0.15, 0.2) is 42.6 Å². The van der Waals surface area contributed by atoms with Gasteiger partial charge in [-0.05, 0) is 36.4 Å². The summed E-state index contributed by atoms with van der Waals surface area (Å²) < 4.78 is 18.4. The van der Waals surface area contributed by atoms with Gasteiger partial charge in [0.2, 0.25) is 0 Å². The van der Waals surface area contributed by atoms with E-state index in [-0.39, 0.29) is 11.5 Å². The second-order valence-electron chi connectivity index (χ2n) is 4.68. The van der Waals surface area contributed by atoms with E-state index in [9.17, 15) is 9.18 Å². The number of aromatic amines is 1. The molecule has 4 nitrogen and oxygen atoms in total. The normalized spacial score (nSPS) is 10.8. The lowest BCUT2D eigenvalue weighted by Gasteiger charge is -2.03. The SMILES string of the molecule is COc1ccc2[nH]cc(C(=O)c3ccc(F)c(N)c3)c2c1. The van der Waals surface area contributed by atoms with Gasteiger partial charge >= 0.3 is 0 Å². The van der Waals surface area contributed by atoms with Gasteiger partial charge < -0.3 is 15.5 Å². The second kappa shape index (κ2) is 4.94. The van der Waals surface area contributed by atoms with Crippen molar-refractivity contribution in [1.82, 2.24) is 4.98 Å². The quantitative estimate of drug-likeness (QED) is 0.573. The Morgan fingerprint density at radius 1 is 1.24 bits per heavy atom. The minimum Gasteiger partial charge on any atom is -0.497 e. The maximum absolute atomic E-state index is 13.2. The number of methoxy groups -OCH3 is 1. The monoisotopic (exact) mass is 284 g/mol. The number of aromatic nitrogens is 1. The molecule has 0 radical (unpaired) electrons. The Bertz CT molecular complexity index is 839. The van der Waals surface area contributed by atoms with Gasteiger partial charge in [-0.1, -0.05) is 0 Å². The van der Waals surface area contributed by atoms with E-state index in [1.807, 2.05) is 12.1 Å². The number of hydrogen-bond donors (Lipinski definition) is 2. The molecule has 0 amide bonds. The minimum absolute atomic E-state index is 0.0433. The summed E-state index contributed by atoms with van der Waals surface area (Å²) in [4.78, 5) is 15.6. The summed E-state index contributed by atoms with van der Waals surface area (Å²) in [6.07, 6.45) is 1.63. The van der Waals surface area contributed by atoms with Crippen molar-refractivity contribution in [1.29, 1.82) is 0 Å². The molecule has 106 valence electrons. The van der Waals surface area contributed by atoms with E-state index in [2.05, 4.69) is 4.98 Å². The van der Waals surface area contributed by atoms with Crippen molar-refractivity contribution in [3.63, 3.8) is 0 Å². The van der Waals surface area contributed by atoms with Crippen LogP contribution in [0.25, 0.3) is 10.9 Å².